The van der Waals surface area contributed by atoms with Crippen LogP contribution in [0, 0.1) is 13.8 Å². The first-order chi connectivity index (χ1) is 14.9. The third-order valence-corrected chi connectivity index (χ3v) is 5.88. The van der Waals surface area contributed by atoms with Gasteiger partial charge in [0.15, 0.2) is 0 Å². The first kappa shape index (κ1) is 20.9. The summed E-state index contributed by atoms with van der Waals surface area (Å²) in [4.78, 5) is 27.1. The Labute approximate surface area is 187 Å². The van der Waals surface area contributed by atoms with E-state index in [2.05, 4.69) is 10.6 Å². The minimum atomic E-state index is -0.312. The lowest BCUT2D eigenvalue weighted by Gasteiger charge is -2.18. The summed E-state index contributed by atoms with van der Waals surface area (Å²) < 4.78 is 0. The second-order valence-electron chi connectivity index (χ2n) is 7.81. The normalized spacial score (nSPS) is 12.4. The monoisotopic (exact) mass is 433 g/mol. The summed E-state index contributed by atoms with van der Waals surface area (Å²) in [6.07, 6.45) is 0.829. The Balaban J connectivity index is 1.42. The minimum absolute atomic E-state index is 0.00199. The largest absolute Gasteiger partial charge is 0.334 e. The van der Waals surface area contributed by atoms with Crippen molar-refractivity contribution in [2.24, 2.45) is 0 Å². The maximum atomic E-state index is 13.0. The molecule has 0 saturated heterocycles. The minimum Gasteiger partial charge on any atom is -0.334 e. The van der Waals surface area contributed by atoms with E-state index in [-0.39, 0.29) is 11.9 Å². The highest BCUT2D eigenvalue weighted by atomic mass is 35.5. The molecule has 6 heteroatoms. The number of carbonyl (C=O) groups excluding carboxylic acids is 2. The molecule has 0 saturated carbocycles. The number of hydrogen-bond donors (Lipinski definition) is 2. The third kappa shape index (κ3) is 4.72. The van der Waals surface area contributed by atoms with Gasteiger partial charge in [-0.05, 0) is 67.3 Å². The van der Waals surface area contributed by atoms with Crippen LogP contribution in [-0.2, 0) is 13.0 Å². The van der Waals surface area contributed by atoms with Crippen molar-refractivity contribution >= 4 is 34.9 Å². The van der Waals surface area contributed by atoms with E-state index in [0.717, 1.165) is 34.4 Å². The van der Waals surface area contributed by atoms with E-state index in [4.69, 9.17) is 11.6 Å². The van der Waals surface area contributed by atoms with Crippen molar-refractivity contribution in [1.29, 1.82) is 0 Å². The van der Waals surface area contributed by atoms with Gasteiger partial charge in [0.25, 0.3) is 5.91 Å². The average Bonchev–Trinajstić information content (AvgIpc) is 3.18. The van der Waals surface area contributed by atoms with Crippen LogP contribution in [0.2, 0.25) is 5.02 Å². The molecule has 0 bridgehead atoms. The Hall–Kier alpha value is -3.31. The number of fused-ring (bicyclic) bond motifs is 1. The van der Waals surface area contributed by atoms with Gasteiger partial charge in [0.1, 0.15) is 0 Å². The van der Waals surface area contributed by atoms with Gasteiger partial charge >= 0.3 is 6.03 Å². The highest BCUT2D eigenvalue weighted by molar-refractivity contribution is 6.31. The van der Waals surface area contributed by atoms with Crippen LogP contribution < -0.4 is 15.5 Å². The van der Waals surface area contributed by atoms with Crippen LogP contribution in [0.25, 0.3) is 0 Å². The molecule has 1 aliphatic rings. The lowest BCUT2D eigenvalue weighted by molar-refractivity contribution is 0.0989. The lowest BCUT2D eigenvalue weighted by atomic mass is 10.1. The fraction of sp³-hybridized carbons (Fsp3) is 0.200. The van der Waals surface area contributed by atoms with Gasteiger partial charge < -0.3 is 15.5 Å². The average molecular weight is 434 g/mol. The van der Waals surface area contributed by atoms with Gasteiger partial charge in [0.2, 0.25) is 0 Å². The van der Waals surface area contributed by atoms with Crippen LogP contribution in [0.4, 0.5) is 16.2 Å². The van der Waals surface area contributed by atoms with Gasteiger partial charge in [0.05, 0.1) is 0 Å². The number of nitrogens with one attached hydrogen (secondary N) is 2. The number of carbonyl (C=O) groups is 2. The van der Waals surface area contributed by atoms with Crippen molar-refractivity contribution in [3.05, 3.63) is 93.5 Å². The maximum Gasteiger partial charge on any atom is 0.319 e. The van der Waals surface area contributed by atoms with Gasteiger partial charge in [-0.25, -0.2) is 4.79 Å². The number of anilines is 2. The Kier molecular flexibility index (Phi) is 5.96. The van der Waals surface area contributed by atoms with E-state index in [1.807, 2.05) is 73.3 Å². The quantitative estimate of drug-likeness (QED) is 0.572. The van der Waals surface area contributed by atoms with Gasteiger partial charge in [-0.3, -0.25) is 4.79 Å². The predicted molar refractivity (Wildman–Crippen MR) is 125 cm³/mol. The zero-order valence-electron chi connectivity index (χ0n) is 17.5. The SMILES string of the molecule is Cc1ccc(C(=O)N2CCc3ccc(CNC(=O)Nc4ccc(C)c(Cl)c4)cc32)cc1. The molecule has 0 spiro atoms. The van der Waals surface area contributed by atoms with E-state index >= 15 is 0 Å². The number of amides is 3. The van der Waals surface area contributed by atoms with Crippen LogP contribution >= 0.6 is 11.6 Å². The molecule has 1 aliphatic heterocycles. The van der Waals surface area contributed by atoms with Crippen molar-refractivity contribution in [3.8, 4) is 0 Å². The second-order valence-corrected chi connectivity index (χ2v) is 8.21. The summed E-state index contributed by atoms with van der Waals surface area (Å²) in [5, 5.41) is 6.25. The van der Waals surface area contributed by atoms with Gasteiger partial charge in [-0.2, -0.15) is 0 Å². The zero-order chi connectivity index (χ0) is 22.0. The van der Waals surface area contributed by atoms with Crippen LogP contribution in [0.3, 0.4) is 0 Å². The van der Waals surface area contributed by atoms with Crippen LogP contribution in [0.15, 0.2) is 60.7 Å². The van der Waals surface area contributed by atoms with Crippen LogP contribution in [-0.4, -0.2) is 18.5 Å². The number of aryl methyl sites for hydroxylation is 2. The number of urea groups is 1. The van der Waals surface area contributed by atoms with Crippen molar-refractivity contribution in [3.63, 3.8) is 0 Å². The van der Waals surface area contributed by atoms with Crippen molar-refractivity contribution in [1.82, 2.24) is 5.32 Å². The third-order valence-electron chi connectivity index (χ3n) is 5.47. The molecule has 2 N–H and O–H groups in total. The Morgan fingerprint density at radius 2 is 1.77 bits per heavy atom. The molecule has 3 aromatic carbocycles. The fourth-order valence-corrected chi connectivity index (χ4v) is 3.81. The van der Waals surface area contributed by atoms with E-state index in [9.17, 15) is 9.59 Å². The van der Waals surface area contributed by atoms with E-state index < -0.39 is 0 Å². The predicted octanol–water partition coefficient (Wildman–Crippen LogP) is 5.48. The first-order valence-electron chi connectivity index (χ1n) is 10.2. The molecular formula is C25H24ClN3O2. The summed E-state index contributed by atoms with van der Waals surface area (Å²) in [6.45, 7) is 4.92. The standard InChI is InChI=1S/C25H24ClN3O2/c1-16-3-7-20(8-4-16)24(30)29-12-11-19-9-6-18(13-23(19)29)15-27-25(31)28-21-10-5-17(2)22(26)14-21/h3-10,13-14H,11-12,15H2,1-2H3,(H2,27,28,31). The smallest absolute Gasteiger partial charge is 0.319 e. The molecule has 0 atom stereocenters. The summed E-state index contributed by atoms with van der Waals surface area (Å²) >= 11 is 6.11. The molecule has 158 valence electrons. The summed E-state index contributed by atoms with van der Waals surface area (Å²) in [6, 6.07) is 18.7. The summed E-state index contributed by atoms with van der Waals surface area (Å²) in [5.74, 6) is -0.00199. The highest BCUT2D eigenvalue weighted by Gasteiger charge is 2.25. The molecule has 0 unspecified atom stereocenters. The number of benzene rings is 3. The lowest BCUT2D eigenvalue weighted by Crippen LogP contribution is -2.29. The van der Waals surface area contributed by atoms with Crippen molar-refractivity contribution in [2.45, 2.75) is 26.8 Å². The maximum absolute atomic E-state index is 13.0. The molecular weight excluding hydrogens is 410 g/mol. The second kappa shape index (κ2) is 8.82. The first-order valence-corrected chi connectivity index (χ1v) is 10.6. The number of rotatable bonds is 4. The number of halogens is 1. The molecule has 5 nitrogen and oxygen atoms in total. The molecule has 4 rings (SSSR count). The molecule has 3 aromatic rings. The van der Waals surface area contributed by atoms with E-state index in [0.29, 0.717) is 29.4 Å². The molecule has 0 radical (unpaired) electrons. The molecule has 0 fully saturated rings. The fourth-order valence-electron chi connectivity index (χ4n) is 3.63. The Morgan fingerprint density at radius 1 is 1.00 bits per heavy atom. The molecule has 0 aliphatic carbocycles. The summed E-state index contributed by atoms with van der Waals surface area (Å²) in [7, 11) is 0. The van der Waals surface area contributed by atoms with Crippen molar-refractivity contribution < 1.29 is 9.59 Å². The molecule has 31 heavy (non-hydrogen) atoms. The summed E-state index contributed by atoms with van der Waals surface area (Å²) in [5.41, 5.74) is 6.38. The molecule has 3 amide bonds. The zero-order valence-corrected chi connectivity index (χ0v) is 18.3. The number of hydrogen-bond acceptors (Lipinski definition) is 2. The van der Waals surface area contributed by atoms with Crippen molar-refractivity contribution in [2.75, 3.05) is 16.8 Å². The van der Waals surface area contributed by atoms with Crippen LogP contribution in [0.1, 0.15) is 32.6 Å². The molecule has 0 aromatic heterocycles. The topological polar surface area (TPSA) is 61.4 Å². The molecule has 1 heterocycles. The van der Waals surface area contributed by atoms with E-state index in [1.54, 1.807) is 6.07 Å². The van der Waals surface area contributed by atoms with Crippen LogP contribution in [0.5, 0.6) is 0 Å². The van der Waals surface area contributed by atoms with Gasteiger partial charge in [-0.1, -0.05) is 47.5 Å². The Morgan fingerprint density at radius 3 is 2.52 bits per heavy atom. The number of nitrogens with zero attached hydrogens (tertiary/aromatic N) is 1. The highest BCUT2D eigenvalue weighted by Crippen LogP contribution is 2.30. The Bertz CT molecular complexity index is 1140. The van der Waals surface area contributed by atoms with Gasteiger partial charge in [0, 0.05) is 35.1 Å². The van der Waals surface area contributed by atoms with E-state index in [1.165, 1.54) is 0 Å². The van der Waals surface area contributed by atoms with Gasteiger partial charge in [-0.15, -0.1) is 0 Å².